The minimum Gasteiger partial charge on any atom is -0.361 e. The van der Waals surface area contributed by atoms with Crippen molar-refractivity contribution in [3.63, 3.8) is 0 Å². The van der Waals surface area contributed by atoms with Crippen LogP contribution in [0, 0.1) is 13.8 Å². The number of rotatable bonds is 5. The van der Waals surface area contributed by atoms with Gasteiger partial charge in [0.15, 0.2) is 5.11 Å². The second kappa shape index (κ2) is 8.17. The highest BCUT2D eigenvalue weighted by atomic mass is 32.1. The minimum atomic E-state index is 0.231. The van der Waals surface area contributed by atoms with E-state index in [4.69, 9.17) is 12.2 Å². The number of hydrogen-bond acceptors (Lipinski definition) is 2. The lowest BCUT2D eigenvalue weighted by Gasteiger charge is -2.19. The normalized spacial score (nSPS) is 12.1. The molecule has 2 heterocycles. The zero-order valence-corrected chi connectivity index (χ0v) is 17.6. The summed E-state index contributed by atoms with van der Waals surface area (Å²) >= 11 is 7.37. The van der Waals surface area contributed by atoms with Crippen molar-refractivity contribution in [2.24, 2.45) is 0 Å². The fourth-order valence-corrected chi connectivity index (χ4v) is 4.52. The maximum Gasteiger partial charge on any atom is 0.170 e. The molecule has 0 saturated heterocycles. The number of para-hydroxylation sites is 1. The van der Waals surface area contributed by atoms with Gasteiger partial charge in [-0.3, -0.25) is 0 Å². The van der Waals surface area contributed by atoms with Crippen LogP contribution in [0.2, 0.25) is 0 Å². The Morgan fingerprint density at radius 1 is 1.07 bits per heavy atom. The third-order valence-corrected chi connectivity index (χ3v) is 6.44. The molecule has 3 N–H and O–H groups in total. The summed E-state index contributed by atoms with van der Waals surface area (Å²) in [6.07, 6.45) is 2.12. The molecular formula is C23H23N3S2. The molecule has 4 rings (SSSR count). The van der Waals surface area contributed by atoms with Gasteiger partial charge in [-0.1, -0.05) is 36.4 Å². The van der Waals surface area contributed by atoms with Crippen molar-refractivity contribution in [3.8, 4) is 0 Å². The average molecular weight is 406 g/mol. The van der Waals surface area contributed by atoms with Crippen LogP contribution in [-0.2, 0) is 0 Å². The summed E-state index contributed by atoms with van der Waals surface area (Å²) in [6.45, 7) is 4.96. The second-order valence-corrected chi connectivity index (χ2v) is 8.33. The van der Waals surface area contributed by atoms with Crippen LogP contribution in [-0.4, -0.2) is 16.6 Å². The van der Waals surface area contributed by atoms with E-state index in [0.717, 1.165) is 17.7 Å². The van der Waals surface area contributed by atoms with Crippen molar-refractivity contribution in [1.82, 2.24) is 10.3 Å². The third kappa shape index (κ3) is 3.81. The highest BCUT2D eigenvalue weighted by Gasteiger charge is 2.19. The van der Waals surface area contributed by atoms with E-state index in [1.807, 2.05) is 6.07 Å². The minimum absolute atomic E-state index is 0.231. The summed E-state index contributed by atoms with van der Waals surface area (Å²) in [5, 5.41) is 10.8. The van der Waals surface area contributed by atoms with Gasteiger partial charge >= 0.3 is 0 Å². The lowest BCUT2D eigenvalue weighted by atomic mass is 9.97. The van der Waals surface area contributed by atoms with Gasteiger partial charge in [-0.15, -0.1) is 11.3 Å². The molecule has 1 atom stereocenters. The van der Waals surface area contributed by atoms with Crippen LogP contribution in [0.4, 0.5) is 5.69 Å². The van der Waals surface area contributed by atoms with Gasteiger partial charge in [0.2, 0.25) is 0 Å². The van der Waals surface area contributed by atoms with Gasteiger partial charge in [0.05, 0.1) is 0 Å². The maximum atomic E-state index is 5.59. The first kappa shape index (κ1) is 18.7. The molecule has 5 heteroatoms. The second-order valence-electron chi connectivity index (χ2n) is 6.94. The average Bonchev–Trinajstić information content (AvgIpc) is 3.37. The molecule has 142 valence electrons. The van der Waals surface area contributed by atoms with E-state index in [1.165, 1.54) is 27.0 Å². The van der Waals surface area contributed by atoms with Crippen molar-refractivity contribution < 1.29 is 0 Å². The Balaban J connectivity index is 1.54. The maximum absolute atomic E-state index is 5.59. The lowest BCUT2D eigenvalue weighted by Crippen LogP contribution is -2.32. The number of anilines is 1. The predicted molar refractivity (Wildman–Crippen MR) is 125 cm³/mol. The Bertz CT molecular complexity index is 1100. The van der Waals surface area contributed by atoms with E-state index in [9.17, 15) is 0 Å². The van der Waals surface area contributed by atoms with E-state index in [2.05, 4.69) is 89.6 Å². The van der Waals surface area contributed by atoms with E-state index in [1.54, 1.807) is 11.3 Å². The van der Waals surface area contributed by atoms with Crippen molar-refractivity contribution >= 4 is 45.3 Å². The molecule has 0 aliphatic rings. The number of fused-ring (bicyclic) bond motifs is 1. The molecule has 0 bridgehead atoms. The van der Waals surface area contributed by atoms with Gasteiger partial charge in [0.25, 0.3) is 0 Å². The zero-order chi connectivity index (χ0) is 19.5. The fraction of sp³-hybridized carbons (Fsp3) is 0.174. The Morgan fingerprint density at radius 2 is 1.93 bits per heavy atom. The number of aryl methyl sites for hydroxylation is 1. The van der Waals surface area contributed by atoms with Crippen molar-refractivity contribution in [1.29, 1.82) is 0 Å². The number of benzene rings is 2. The summed E-state index contributed by atoms with van der Waals surface area (Å²) in [4.78, 5) is 4.73. The van der Waals surface area contributed by atoms with E-state index in [0.29, 0.717) is 5.11 Å². The summed E-state index contributed by atoms with van der Waals surface area (Å²) in [5.41, 5.74) is 5.98. The smallest absolute Gasteiger partial charge is 0.170 e. The Morgan fingerprint density at radius 3 is 2.75 bits per heavy atom. The Kier molecular flexibility index (Phi) is 5.46. The molecule has 0 fully saturated rings. The third-order valence-electron chi connectivity index (χ3n) is 5.20. The number of H-pyrrole nitrogens is 1. The number of nitrogens with one attached hydrogen (secondary N) is 3. The first-order valence-electron chi connectivity index (χ1n) is 9.34. The summed E-state index contributed by atoms with van der Waals surface area (Å²) in [7, 11) is 0. The van der Waals surface area contributed by atoms with Crippen LogP contribution >= 0.6 is 23.6 Å². The summed E-state index contributed by atoms with van der Waals surface area (Å²) in [6, 6.07) is 19.0. The summed E-state index contributed by atoms with van der Waals surface area (Å²) in [5.74, 6) is 0.231. The molecule has 28 heavy (non-hydrogen) atoms. The molecule has 0 aliphatic carbocycles. The molecule has 0 aliphatic heterocycles. The molecule has 0 spiro atoms. The molecular weight excluding hydrogens is 382 g/mol. The number of thiocarbonyl (C=S) groups is 1. The monoisotopic (exact) mass is 405 g/mol. The number of aromatic amines is 1. The standard InChI is InChI=1S/C23H23N3S2/c1-15-7-5-10-20(16(15)2)26-23(27)25-14-19(22-11-6-12-28-22)18-13-24-21-9-4-3-8-17(18)21/h3-13,19,24H,14H2,1-2H3,(H2,25,26,27)/t19-/m1/s1. The topological polar surface area (TPSA) is 39.8 Å². The van der Waals surface area contributed by atoms with Crippen LogP contribution in [0.1, 0.15) is 27.5 Å². The SMILES string of the molecule is Cc1cccc(NC(=S)NC[C@@H](c2cccs2)c2c[nH]c3ccccc23)c1C. The van der Waals surface area contributed by atoms with Crippen LogP contribution in [0.3, 0.4) is 0 Å². The molecule has 0 unspecified atom stereocenters. The van der Waals surface area contributed by atoms with Crippen LogP contribution in [0.15, 0.2) is 66.2 Å². The van der Waals surface area contributed by atoms with E-state index < -0.39 is 0 Å². The Labute approximate surface area is 174 Å². The fourth-order valence-electron chi connectivity index (χ4n) is 3.48. The van der Waals surface area contributed by atoms with Crippen molar-refractivity contribution in [3.05, 3.63) is 87.7 Å². The number of aromatic nitrogens is 1. The highest BCUT2D eigenvalue weighted by Crippen LogP contribution is 2.32. The van der Waals surface area contributed by atoms with Gasteiger partial charge in [-0.25, -0.2) is 0 Å². The van der Waals surface area contributed by atoms with Crippen LogP contribution in [0.25, 0.3) is 10.9 Å². The van der Waals surface area contributed by atoms with Gasteiger partial charge in [-0.2, -0.15) is 0 Å². The molecule has 0 amide bonds. The van der Waals surface area contributed by atoms with Crippen LogP contribution < -0.4 is 10.6 Å². The van der Waals surface area contributed by atoms with E-state index in [-0.39, 0.29) is 5.92 Å². The van der Waals surface area contributed by atoms with Gasteiger partial charge in [0, 0.05) is 40.1 Å². The van der Waals surface area contributed by atoms with Gasteiger partial charge < -0.3 is 15.6 Å². The molecule has 4 aromatic rings. The number of thiophene rings is 1. The zero-order valence-electron chi connectivity index (χ0n) is 16.0. The number of hydrogen-bond donors (Lipinski definition) is 3. The largest absolute Gasteiger partial charge is 0.361 e. The Hall–Kier alpha value is -2.63. The van der Waals surface area contributed by atoms with Crippen LogP contribution in [0.5, 0.6) is 0 Å². The van der Waals surface area contributed by atoms with Gasteiger partial charge in [0.1, 0.15) is 0 Å². The molecule has 0 saturated carbocycles. The molecule has 0 radical (unpaired) electrons. The first-order valence-corrected chi connectivity index (χ1v) is 10.6. The van der Waals surface area contributed by atoms with Crippen molar-refractivity contribution in [2.45, 2.75) is 19.8 Å². The quantitative estimate of drug-likeness (QED) is 0.359. The van der Waals surface area contributed by atoms with E-state index >= 15 is 0 Å². The molecule has 2 aromatic carbocycles. The highest BCUT2D eigenvalue weighted by molar-refractivity contribution is 7.80. The molecule has 3 nitrogen and oxygen atoms in total. The summed E-state index contributed by atoms with van der Waals surface area (Å²) < 4.78 is 0. The lowest BCUT2D eigenvalue weighted by molar-refractivity contribution is 0.778. The predicted octanol–water partition coefficient (Wildman–Crippen LogP) is 5.96. The molecule has 2 aromatic heterocycles. The van der Waals surface area contributed by atoms with Gasteiger partial charge in [-0.05, 0) is 66.3 Å². The van der Waals surface area contributed by atoms with Crippen molar-refractivity contribution in [2.75, 3.05) is 11.9 Å². The first-order chi connectivity index (χ1) is 13.6.